The fraction of sp³-hybridized carbons (Fsp3) is 0.923. The molecule has 0 spiro atoms. The van der Waals surface area contributed by atoms with E-state index in [1.165, 1.54) is 0 Å². The number of amides is 1. The van der Waals surface area contributed by atoms with Gasteiger partial charge in [-0.2, -0.15) is 0 Å². The van der Waals surface area contributed by atoms with E-state index in [2.05, 4.69) is 13.8 Å². The van der Waals surface area contributed by atoms with Crippen molar-refractivity contribution in [3.05, 3.63) is 0 Å². The summed E-state index contributed by atoms with van der Waals surface area (Å²) in [6.07, 6.45) is 3.25. The lowest BCUT2D eigenvalue weighted by atomic mass is 9.81. The first-order chi connectivity index (χ1) is 8.06. The first-order valence-corrected chi connectivity index (χ1v) is 6.55. The number of carbonyl (C=O) groups excluding carboxylic acids is 1. The van der Waals surface area contributed by atoms with Crippen LogP contribution in [0.25, 0.3) is 0 Å². The first kappa shape index (κ1) is 12.8. The molecule has 1 heterocycles. The SMILES string of the molecule is CC1(C)CCCC1C(=O)N1CCOCC1CO. The number of aliphatic hydroxyl groups excluding tert-OH is 1. The molecule has 1 aliphatic carbocycles. The monoisotopic (exact) mass is 241 g/mol. The van der Waals surface area contributed by atoms with Crippen LogP contribution in [0.2, 0.25) is 0 Å². The summed E-state index contributed by atoms with van der Waals surface area (Å²) in [6, 6.07) is -0.146. The molecule has 0 radical (unpaired) electrons. The number of aliphatic hydroxyl groups is 1. The molecule has 4 heteroatoms. The lowest BCUT2D eigenvalue weighted by molar-refractivity contribution is -0.148. The smallest absolute Gasteiger partial charge is 0.226 e. The third kappa shape index (κ3) is 2.47. The molecule has 0 bridgehead atoms. The van der Waals surface area contributed by atoms with Crippen LogP contribution < -0.4 is 0 Å². The van der Waals surface area contributed by atoms with E-state index in [9.17, 15) is 9.90 Å². The van der Waals surface area contributed by atoms with Crippen LogP contribution in [0.1, 0.15) is 33.1 Å². The van der Waals surface area contributed by atoms with E-state index in [-0.39, 0.29) is 29.9 Å². The summed E-state index contributed by atoms with van der Waals surface area (Å²) in [5, 5.41) is 9.31. The Hall–Kier alpha value is -0.610. The third-order valence-electron chi connectivity index (χ3n) is 4.28. The van der Waals surface area contributed by atoms with Gasteiger partial charge in [-0.25, -0.2) is 0 Å². The number of hydrogen-bond donors (Lipinski definition) is 1. The van der Waals surface area contributed by atoms with Gasteiger partial charge in [-0.1, -0.05) is 20.3 Å². The Morgan fingerprint density at radius 2 is 2.29 bits per heavy atom. The predicted octanol–water partition coefficient (Wildman–Crippen LogP) is 1.03. The standard InChI is InChI=1S/C13H23NO3/c1-13(2)5-3-4-11(13)12(16)14-6-7-17-9-10(14)8-15/h10-11,15H,3-9H2,1-2H3. The zero-order valence-corrected chi connectivity index (χ0v) is 10.8. The Morgan fingerprint density at radius 1 is 1.53 bits per heavy atom. The minimum absolute atomic E-state index is 0.00110. The van der Waals surface area contributed by atoms with Crippen LogP contribution >= 0.6 is 0 Å². The average molecular weight is 241 g/mol. The van der Waals surface area contributed by atoms with Gasteiger partial charge in [0.1, 0.15) is 0 Å². The van der Waals surface area contributed by atoms with Crippen molar-refractivity contribution in [1.82, 2.24) is 4.90 Å². The summed E-state index contributed by atoms with van der Waals surface area (Å²) in [5.74, 6) is 0.338. The summed E-state index contributed by atoms with van der Waals surface area (Å²) < 4.78 is 5.31. The quantitative estimate of drug-likeness (QED) is 0.785. The van der Waals surface area contributed by atoms with Gasteiger partial charge in [-0.05, 0) is 18.3 Å². The van der Waals surface area contributed by atoms with Crippen LogP contribution in [0.4, 0.5) is 0 Å². The summed E-state index contributed by atoms with van der Waals surface area (Å²) >= 11 is 0. The zero-order valence-electron chi connectivity index (χ0n) is 10.8. The molecule has 0 aromatic carbocycles. The van der Waals surface area contributed by atoms with Crippen molar-refractivity contribution in [2.45, 2.75) is 39.2 Å². The second kappa shape index (κ2) is 4.94. The summed E-state index contributed by atoms with van der Waals surface area (Å²) in [6.45, 7) is 6.04. The van der Waals surface area contributed by atoms with Gasteiger partial charge in [0.15, 0.2) is 0 Å². The number of morpholine rings is 1. The van der Waals surface area contributed by atoms with Crippen molar-refractivity contribution in [3.63, 3.8) is 0 Å². The molecule has 1 saturated heterocycles. The van der Waals surface area contributed by atoms with Crippen molar-refractivity contribution in [2.75, 3.05) is 26.4 Å². The molecule has 0 aromatic rings. The molecule has 2 fully saturated rings. The van der Waals surface area contributed by atoms with Gasteiger partial charge in [0.05, 0.1) is 25.9 Å². The van der Waals surface area contributed by atoms with E-state index in [4.69, 9.17) is 4.74 Å². The lowest BCUT2D eigenvalue weighted by Gasteiger charge is -2.38. The van der Waals surface area contributed by atoms with Crippen LogP contribution in [0.5, 0.6) is 0 Å². The largest absolute Gasteiger partial charge is 0.394 e. The van der Waals surface area contributed by atoms with Gasteiger partial charge in [-0.3, -0.25) is 4.79 Å². The number of nitrogens with zero attached hydrogens (tertiary/aromatic N) is 1. The van der Waals surface area contributed by atoms with Gasteiger partial charge in [0.25, 0.3) is 0 Å². The Bertz CT molecular complexity index is 290. The maximum absolute atomic E-state index is 12.5. The topological polar surface area (TPSA) is 49.8 Å². The molecular weight excluding hydrogens is 218 g/mol. The Morgan fingerprint density at radius 3 is 2.88 bits per heavy atom. The van der Waals surface area contributed by atoms with Crippen LogP contribution in [0, 0.1) is 11.3 Å². The van der Waals surface area contributed by atoms with Crippen molar-refractivity contribution in [3.8, 4) is 0 Å². The molecule has 1 N–H and O–H groups in total. The van der Waals surface area contributed by atoms with Crippen LogP contribution in [0.3, 0.4) is 0 Å². The van der Waals surface area contributed by atoms with E-state index in [0.717, 1.165) is 19.3 Å². The average Bonchev–Trinajstić information content (AvgIpc) is 2.68. The number of rotatable bonds is 2. The van der Waals surface area contributed by atoms with E-state index in [1.807, 2.05) is 4.90 Å². The molecule has 2 unspecified atom stereocenters. The molecule has 4 nitrogen and oxygen atoms in total. The fourth-order valence-electron chi connectivity index (χ4n) is 3.08. The van der Waals surface area contributed by atoms with Crippen molar-refractivity contribution in [2.24, 2.45) is 11.3 Å². The van der Waals surface area contributed by atoms with Gasteiger partial charge < -0.3 is 14.7 Å². The molecule has 2 atom stereocenters. The number of hydrogen-bond acceptors (Lipinski definition) is 3. The molecule has 1 aliphatic heterocycles. The van der Waals surface area contributed by atoms with Crippen LogP contribution in [0.15, 0.2) is 0 Å². The van der Waals surface area contributed by atoms with E-state index < -0.39 is 0 Å². The van der Waals surface area contributed by atoms with E-state index in [1.54, 1.807) is 0 Å². The van der Waals surface area contributed by atoms with E-state index >= 15 is 0 Å². The Kier molecular flexibility index (Phi) is 3.73. The molecular formula is C13H23NO3. The molecule has 2 aliphatic rings. The zero-order chi connectivity index (χ0) is 12.5. The van der Waals surface area contributed by atoms with Crippen molar-refractivity contribution >= 4 is 5.91 Å². The van der Waals surface area contributed by atoms with Gasteiger partial charge in [0.2, 0.25) is 5.91 Å². The highest BCUT2D eigenvalue weighted by Crippen LogP contribution is 2.43. The third-order valence-corrected chi connectivity index (χ3v) is 4.28. The predicted molar refractivity (Wildman–Crippen MR) is 64.5 cm³/mol. The molecule has 2 rings (SSSR count). The molecule has 0 aromatic heterocycles. The second-order valence-electron chi connectivity index (χ2n) is 5.88. The van der Waals surface area contributed by atoms with Crippen molar-refractivity contribution < 1.29 is 14.6 Å². The van der Waals surface area contributed by atoms with E-state index in [0.29, 0.717) is 19.8 Å². The highest BCUT2D eigenvalue weighted by Gasteiger charge is 2.42. The Labute approximate surface area is 103 Å². The van der Waals surface area contributed by atoms with Crippen molar-refractivity contribution in [1.29, 1.82) is 0 Å². The van der Waals surface area contributed by atoms with Gasteiger partial charge >= 0.3 is 0 Å². The molecule has 17 heavy (non-hydrogen) atoms. The number of ether oxygens (including phenoxy) is 1. The Balaban J connectivity index is 2.07. The summed E-state index contributed by atoms with van der Waals surface area (Å²) in [7, 11) is 0. The van der Waals surface area contributed by atoms with Gasteiger partial charge in [-0.15, -0.1) is 0 Å². The number of carbonyl (C=O) groups is 1. The normalized spacial score (nSPS) is 32.8. The lowest BCUT2D eigenvalue weighted by Crippen LogP contribution is -2.53. The second-order valence-corrected chi connectivity index (χ2v) is 5.88. The summed E-state index contributed by atoms with van der Waals surface area (Å²) in [5.41, 5.74) is 0.107. The van der Waals surface area contributed by atoms with Gasteiger partial charge in [0, 0.05) is 12.5 Å². The van der Waals surface area contributed by atoms with Crippen LogP contribution in [-0.4, -0.2) is 48.3 Å². The molecule has 98 valence electrons. The maximum atomic E-state index is 12.5. The fourth-order valence-corrected chi connectivity index (χ4v) is 3.08. The summed E-state index contributed by atoms with van der Waals surface area (Å²) in [4.78, 5) is 14.4. The maximum Gasteiger partial charge on any atom is 0.226 e. The first-order valence-electron chi connectivity index (χ1n) is 6.55. The van der Waals surface area contributed by atoms with Crippen LogP contribution in [-0.2, 0) is 9.53 Å². The highest BCUT2D eigenvalue weighted by atomic mass is 16.5. The minimum Gasteiger partial charge on any atom is -0.394 e. The highest BCUT2D eigenvalue weighted by molar-refractivity contribution is 5.80. The molecule has 1 saturated carbocycles. The molecule has 1 amide bonds. The minimum atomic E-state index is -0.146.